The van der Waals surface area contributed by atoms with E-state index in [9.17, 15) is 18.4 Å². The molecule has 0 aliphatic rings. The second-order valence-electron chi connectivity index (χ2n) is 5.41. The fourth-order valence-electron chi connectivity index (χ4n) is 2.37. The number of carbonyl (C=O) groups is 2. The van der Waals surface area contributed by atoms with Gasteiger partial charge in [-0.3, -0.25) is 10.1 Å². The van der Waals surface area contributed by atoms with Crippen molar-refractivity contribution >= 4 is 41.0 Å². The van der Waals surface area contributed by atoms with E-state index >= 15 is 0 Å². The molecule has 1 N–H and O–H groups in total. The highest BCUT2D eigenvalue weighted by molar-refractivity contribution is 6.39. The summed E-state index contributed by atoms with van der Waals surface area (Å²) >= 11 is 12.3. The molecule has 0 aliphatic heterocycles. The summed E-state index contributed by atoms with van der Waals surface area (Å²) in [6, 6.07) is 7.20. The SMILES string of the molecule is COC(=O)c1c(-c2c(Cl)cccc2Cl)noc1NC(=O)c1ccc(F)c(F)c1. The second-order valence-corrected chi connectivity index (χ2v) is 6.22. The molecule has 0 spiro atoms. The van der Waals surface area contributed by atoms with Crippen molar-refractivity contribution in [3.05, 3.63) is 69.2 Å². The molecule has 0 aliphatic carbocycles. The van der Waals surface area contributed by atoms with Crippen molar-refractivity contribution in [3.63, 3.8) is 0 Å². The summed E-state index contributed by atoms with van der Waals surface area (Å²) in [4.78, 5) is 24.6. The van der Waals surface area contributed by atoms with E-state index < -0.39 is 23.5 Å². The average Bonchev–Trinajstić information content (AvgIpc) is 3.06. The topological polar surface area (TPSA) is 81.4 Å². The Balaban J connectivity index is 2.05. The molecule has 1 heterocycles. The molecule has 0 bridgehead atoms. The van der Waals surface area contributed by atoms with Crippen LogP contribution in [0.4, 0.5) is 14.7 Å². The van der Waals surface area contributed by atoms with Gasteiger partial charge in [0.25, 0.3) is 5.91 Å². The van der Waals surface area contributed by atoms with Gasteiger partial charge in [0.05, 0.1) is 17.2 Å². The fraction of sp³-hybridized carbons (Fsp3) is 0.0556. The molecule has 10 heteroatoms. The third-order valence-corrected chi connectivity index (χ3v) is 4.32. The number of ether oxygens (including phenoxy) is 1. The summed E-state index contributed by atoms with van der Waals surface area (Å²) in [7, 11) is 1.12. The number of halogens is 4. The first-order valence-electron chi connectivity index (χ1n) is 7.62. The number of amides is 1. The number of nitrogens with one attached hydrogen (secondary N) is 1. The molecule has 6 nitrogen and oxygen atoms in total. The molecule has 1 amide bonds. The van der Waals surface area contributed by atoms with Crippen molar-refractivity contribution in [1.29, 1.82) is 0 Å². The zero-order chi connectivity index (χ0) is 20.4. The zero-order valence-electron chi connectivity index (χ0n) is 14.1. The molecule has 3 rings (SSSR count). The number of nitrogens with zero attached hydrogens (tertiary/aromatic N) is 1. The first kappa shape index (κ1) is 19.8. The lowest BCUT2D eigenvalue weighted by molar-refractivity contribution is 0.0602. The molecular formula is C18H10Cl2F2N2O4. The summed E-state index contributed by atoms with van der Waals surface area (Å²) in [6.07, 6.45) is 0. The summed E-state index contributed by atoms with van der Waals surface area (Å²) in [5, 5.41) is 6.40. The van der Waals surface area contributed by atoms with E-state index in [0.717, 1.165) is 19.2 Å². The number of hydrogen-bond acceptors (Lipinski definition) is 5. The number of hydrogen-bond donors (Lipinski definition) is 1. The molecule has 28 heavy (non-hydrogen) atoms. The predicted octanol–water partition coefficient (Wildman–Crippen LogP) is 4.97. The van der Waals surface area contributed by atoms with Gasteiger partial charge in [0.1, 0.15) is 5.69 Å². The van der Waals surface area contributed by atoms with Crippen LogP contribution in [0.1, 0.15) is 20.7 Å². The van der Waals surface area contributed by atoms with E-state index in [4.69, 9.17) is 32.5 Å². The molecule has 144 valence electrons. The van der Waals surface area contributed by atoms with Gasteiger partial charge >= 0.3 is 5.97 Å². The van der Waals surface area contributed by atoms with Gasteiger partial charge in [-0.15, -0.1) is 0 Å². The molecule has 0 saturated heterocycles. The summed E-state index contributed by atoms with van der Waals surface area (Å²) in [5.74, 6) is -4.43. The van der Waals surface area contributed by atoms with Crippen LogP contribution in [0.5, 0.6) is 0 Å². The van der Waals surface area contributed by atoms with Gasteiger partial charge in [0.15, 0.2) is 17.2 Å². The summed E-state index contributed by atoms with van der Waals surface area (Å²) in [6.45, 7) is 0. The number of aromatic nitrogens is 1. The fourth-order valence-corrected chi connectivity index (χ4v) is 2.95. The Morgan fingerprint density at radius 2 is 1.79 bits per heavy atom. The van der Waals surface area contributed by atoms with E-state index in [1.54, 1.807) is 6.07 Å². The Morgan fingerprint density at radius 3 is 2.39 bits per heavy atom. The molecular weight excluding hydrogens is 417 g/mol. The third-order valence-electron chi connectivity index (χ3n) is 3.69. The molecule has 0 radical (unpaired) electrons. The number of methoxy groups -OCH3 is 1. The van der Waals surface area contributed by atoms with Crippen LogP contribution in [0.15, 0.2) is 40.9 Å². The second kappa shape index (κ2) is 7.95. The smallest absolute Gasteiger partial charge is 0.345 e. The molecule has 0 fully saturated rings. The Morgan fingerprint density at radius 1 is 1.11 bits per heavy atom. The van der Waals surface area contributed by atoms with Crippen LogP contribution in [0.2, 0.25) is 10.0 Å². The van der Waals surface area contributed by atoms with Crippen molar-refractivity contribution in [3.8, 4) is 11.3 Å². The van der Waals surface area contributed by atoms with Crippen molar-refractivity contribution in [2.75, 3.05) is 12.4 Å². The average molecular weight is 427 g/mol. The number of carbonyl (C=O) groups excluding carboxylic acids is 2. The highest BCUT2D eigenvalue weighted by Crippen LogP contribution is 2.38. The highest BCUT2D eigenvalue weighted by atomic mass is 35.5. The highest BCUT2D eigenvalue weighted by Gasteiger charge is 2.29. The Bertz CT molecular complexity index is 1070. The van der Waals surface area contributed by atoms with Gasteiger partial charge in [-0.25, -0.2) is 13.6 Å². The quantitative estimate of drug-likeness (QED) is 0.595. The van der Waals surface area contributed by atoms with E-state index in [0.29, 0.717) is 6.07 Å². The summed E-state index contributed by atoms with van der Waals surface area (Å²) in [5.41, 5.74) is -0.303. The number of rotatable bonds is 4. The van der Waals surface area contributed by atoms with Crippen LogP contribution in [-0.2, 0) is 4.74 Å². The Hall–Kier alpha value is -2.97. The monoisotopic (exact) mass is 426 g/mol. The maximum Gasteiger partial charge on any atom is 0.345 e. The normalized spacial score (nSPS) is 10.6. The molecule has 2 aromatic carbocycles. The van der Waals surface area contributed by atoms with Gasteiger partial charge in [-0.05, 0) is 30.3 Å². The van der Waals surface area contributed by atoms with Crippen LogP contribution in [-0.4, -0.2) is 24.1 Å². The summed E-state index contributed by atoms with van der Waals surface area (Å²) < 4.78 is 36.2. The minimum absolute atomic E-state index is 0.0527. The number of esters is 1. The first-order chi connectivity index (χ1) is 13.3. The maximum absolute atomic E-state index is 13.4. The number of benzene rings is 2. The molecule has 0 saturated carbocycles. The van der Waals surface area contributed by atoms with E-state index in [-0.39, 0.29) is 38.3 Å². The van der Waals surface area contributed by atoms with Gasteiger partial charge in [-0.2, -0.15) is 0 Å². The maximum atomic E-state index is 13.4. The molecule has 3 aromatic rings. The zero-order valence-corrected chi connectivity index (χ0v) is 15.6. The molecule has 0 unspecified atom stereocenters. The van der Waals surface area contributed by atoms with E-state index in [1.807, 2.05) is 0 Å². The van der Waals surface area contributed by atoms with Crippen LogP contribution < -0.4 is 5.32 Å². The minimum atomic E-state index is -1.21. The third kappa shape index (κ3) is 3.69. The van der Waals surface area contributed by atoms with Crippen molar-refractivity contribution < 1.29 is 27.6 Å². The van der Waals surface area contributed by atoms with E-state index in [1.165, 1.54) is 12.1 Å². The van der Waals surface area contributed by atoms with Crippen molar-refractivity contribution in [1.82, 2.24) is 5.16 Å². The van der Waals surface area contributed by atoms with E-state index in [2.05, 4.69) is 10.5 Å². The van der Waals surface area contributed by atoms with Crippen LogP contribution in [0, 0.1) is 11.6 Å². The lowest BCUT2D eigenvalue weighted by Crippen LogP contribution is -2.15. The van der Waals surface area contributed by atoms with Crippen molar-refractivity contribution in [2.24, 2.45) is 0 Å². The van der Waals surface area contributed by atoms with Crippen molar-refractivity contribution in [2.45, 2.75) is 0 Å². The van der Waals surface area contributed by atoms with Crippen LogP contribution in [0.3, 0.4) is 0 Å². The first-order valence-corrected chi connectivity index (χ1v) is 8.37. The Kier molecular flexibility index (Phi) is 5.62. The van der Waals surface area contributed by atoms with Gasteiger partial charge < -0.3 is 9.26 Å². The van der Waals surface area contributed by atoms with Gasteiger partial charge in [-0.1, -0.05) is 34.4 Å². The lowest BCUT2D eigenvalue weighted by atomic mass is 10.1. The standard InChI is InChI=1S/C18H10Cl2F2N2O4/c1-27-18(26)14-15(13-9(19)3-2-4-10(13)20)24-28-17(14)23-16(25)8-5-6-11(21)12(22)7-8/h2-7H,1H3,(H,23,25). The minimum Gasteiger partial charge on any atom is -0.465 e. The predicted molar refractivity (Wildman–Crippen MR) is 97.6 cm³/mol. The largest absolute Gasteiger partial charge is 0.465 e. The molecule has 0 atom stereocenters. The van der Waals surface area contributed by atoms with Crippen LogP contribution >= 0.6 is 23.2 Å². The van der Waals surface area contributed by atoms with Gasteiger partial charge in [0.2, 0.25) is 5.88 Å². The molecule has 1 aromatic heterocycles. The lowest BCUT2D eigenvalue weighted by Gasteiger charge is -2.07. The number of anilines is 1. The Labute approximate surface area is 167 Å². The van der Waals surface area contributed by atoms with Crippen LogP contribution in [0.25, 0.3) is 11.3 Å². The van der Waals surface area contributed by atoms with Gasteiger partial charge in [0, 0.05) is 11.1 Å².